The number of nitrogens with zero attached hydrogens (tertiary/aromatic N) is 4. The molecule has 3 rings (SSSR count). The van der Waals surface area contributed by atoms with E-state index < -0.39 is 0 Å². The van der Waals surface area contributed by atoms with Crippen LogP contribution in [0.1, 0.15) is 25.8 Å². The van der Waals surface area contributed by atoms with Crippen molar-refractivity contribution in [3.05, 3.63) is 18.5 Å². The first-order valence-corrected chi connectivity index (χ1v) is 8.45. The Hall–Kier alpha value is -1.50. The molecular formula is C14H20N4O2S. The topological polar surface area (TPSA) is 58.4 Å². The lowest BCUT2D eigenvalue weighted by molar-refractivity contribution is -0.143. The standard InChI is InChI=1S/C14H20N4O2S/c1-11(19)17-10-21-9-13(17)14(20)16-6-2-4-12(8-16)18-7-3-5-15-18/h3,5,7,12-13H,2,4,6,8-10H2,1H3/t12-,13-/m0/s1. The maximum absolute atomic E-state index is 12.7. The average molecular weight is 308 g/mol. The second kappa shape index (κ2) is 6.09. The molecular weight excluding hydrogens is 288 g/mol. The smallest absolute Gasteiger partial charge is 0.246 e. The van der Waals surface area contributed by atoms with Gasteiger partial charge in [-0.15, -0.1) is 11.8 Å². The van der Waals surface area contributed by atoms with Gasteiger partial charge in [0, 0.05) is 38.2 Å². The highest BCUT2D eigenvalue weighted by Gasteiger charge is 2.37. The summed E-state index contributed by atoms with van der Waals surface area (Å²) >= 11 is 1.65. The van der Waals surface area contributed by atoms with E-state index in [4.69, 9.17) is 0 Å². The highest BCUT2D eigenvalue weighted by Crippen LogP contribution is 2.26. The van der Waals surface area contributed by atoms with E-state index in [9.17, 15) is 9.59 Å². The molecule has 2 fully saturated rings. The minimum atomic E-state index is -0.288. The van der Waals surface area contributed by atoms with Crippen LogP contribution >= 0.6 is 11.8 Å². The van der Waals surface area contributed by atoms with E-state index in [1.807, 2.05) is 21.8 Å². The van der Waals surface area contributed by atoms with Crippen LogP contribution in [0.5, 0.6) is 0 Å². The molecule has 0 bridgehead atoms. The molecule has 3 heterocycles. The highest BCUT2D eigenvalue weighted by molar-refractivity contribution is 7.99. The molecule has 1 aromatic heterocycles. The second-order valence-corrected chi connectivity index (χ2v) is 6.57. The molecule has 21 heavy (non-hydrogen) atoms. The van der Waals surface area contributed by atoms with Gasteiger partial charge in [-0.2, -0.15) is 5.10 Å². The summed E-state index contributed by atoms with van der Waals surface area (Å²) < 4.78 is 1.94. The van der Waals surface area contributed by atoms with Gasteiger partial charge in [0.05, 0.1) is 11.9 Å². The van der Waals surface area contributed by atoms with Gasteiger partial charge in [0.2, 0.25) is 11.8 Å². The fourth-order valence-corrected chi connectivity index (χ4v) is 4.25. The molecule has 114 valence electrons. The summed E-state index contributed by atoms with van der Waals surface area (Å²) in [5.41, 5.74) is 0. The summed E-state index contributed by atoms with van der Waals surface area (Å²) in [5.74, 6) is 1.41. The number of rotatable bonds is 2. The van der Waals surface area contributed by atoms with Crippen LogP contribution in [-0.2, 0) is 9.59 Å². The van der Waals surface area contributed by atoms with Gasteiger partial charge in [0.1, 0.15) is 6.04 Å². The van der Waals surface area contributed by atoms with Gasteiger partial charge in [-0.3, -0.25) is 14.3 Å². The summed E-state index contributed by atoms with van der Waals surface area (Å²) in [5, 5.41) is 4.28. The largest absolute Gasteiger partial charge is 0.339 e. The summed E-state index contributed by atoms with van der Waals surface area (Å²) in [4.78, 5) is 27.9. The van der Waals surface area contributed by atoms with Gasteiger partial charge in [0.15, 0.2) is 0 Å². The third kappa shape index (κ3) is 2.92. The zero-order valence-electron chi connectivity index (χ0n) is 12.1. The maximum Gasteiger partial charge on any atom is 0.246 e. The van der Waals surface area contributed by atoms with Gasteiger partial charge in [-0.05, 0) is 18.9 Å². The Morgan fingerprint density at radius 2 is 2.24 bits per heavy atom. The molecule has 2 atom stereocenters. The van der Waals surface area contributed by atoms with Crippen molar-refractivity contribution in [2.24, 2.45) is 0 Å². The van der Waals surface area contributed by atoms with Crippen molar-refractivity contribution in [2.45, 2.75) is 31.8 Å². The first-order chi connectivity index (χ1) is 10.2. The molecule has 2 aliphatic heterocycles. The number of thioether (sulfide) groups is 1. The maximum atomic E-state index is 12.7. The average Bonchev–Trinajstić information content (AvgIpc) is 3.17. The monoisotopic (exact) mass is 308 g/mol. The van der Waals surface area contributed by atoms with Crippen LogP contribution < -0.4 is 0 Å². The van der Waals surface area contributed by atoms with Crippen molar-refractivity contribution in [3.63, 3.8) is 0 Å². The lowest BCUT2D eigenvalue weighted by Gasteiger charge is -2.35. The lowest BCUT2D eigenvalue weighted by Crippen LogP contribution is -2.51. The third-order valence-corrected chi connectivity index (χ3v) is 5.19. The summed E-state index contributed by atoms with van der Waals surface area (Å²) in [6, 6.07) is 1.87. The minimum Gasteiger partial charge on any atom is -0.339 e. The van der Waals surface area contributed by atoms with E-state index in [2.05, 4.69) is 5.10 Å². The number of amides is 2. The van der Waals surface area contributed by atoms with E-state index in [0.29, 0.717) is 18.2 Å². The molecule has 0 radical (unpaired) electrons. The third-order valence-electron chi connectivity index (χ3n) is 4.18. The highest BCUT2D eigenvalue weighted by atomic mass is 32.2. The molecule has 2 amide bonds. The van der Waals surface area contributed by atoms with E-state index in [1.54, 1.807) is 22.9 Å². The Bertz CT molecular complexity index is 519. The van der Waals surface area contributed by atoms with Crippen LogP contribution in [0.15, 0.2) is 18.5 Å². The Morgan fingerprint density at radius 3 is 2.95 bits per heavy atom. The fourth-order valence-electron chi connectivity index (χ4n) is 3.04. The Kier molecular flexibility index (Phi) is 4.19. The molecule has 0 spiro atoms. The van der Waals surface area contributed by atoms with Crippen LogP contribution in [0, 0.1) is 0 Å². The first-order valence-electron chi connectivity index (χ1n) is 7.29. The molecule has 0 saturated carbocycles. The molecule has 2 aliphatic rings. The molecule has 2 saturated heterocycles. The summed E-state index contributed by atoms with van der Waals surface area (Å²) in [7, 11) is 0. The number of hydrogen-bond donors (Lipinski definition) is 0. The number of hydrogen-bond acceptors (Lipinski definition) is 4. The molecule has 7 heteroatoms. The van der Waals surface area contributed by atoms with E-state index in [1.165, 1.54) is 6.92 Å². The first kappa shape index (κ1) is 14.4. The number of likely N-dealkylation sites (tertiary alicyclic amines) is 1. The molecule has 0 unspecified atom stereocenters. The Labute approximate surface area is 128 Å². The molecule has 0 N–H and O–H groups in total. The van der Waals surface area contributed by atoms with E-state index >= 15 is 0 Å². The van der Waals surface area contributed by atoms with E-state index in [0.717, 1.165) is 19.4 Å². The van der Waals surface area contributed by atoms with Gasteiger partial charge >= 0.3 is 0 Å². The number of piperidine rings is 1. The molecule has 6 nitrogen and oxygen atoms in total. The number of aromatic nitrogens is 2. The van der Waals surface area contributed by atoms with Crippen molar-refractivity contribution >= 4 is 23.6 Å². The van der Waals surface area contributed by atoms with Crippen molar-refractivity contribution < 1.29 is 9.59 Å². The fraction of sp³-hybridized carbons (Fsp3) is 0.643. The normalized spacial score (nSPS) is 26.1. The van der Waals surface area contributed by atoms with Gasteiger partial charge < -0.3 is 9.80 Å². The predicted molar refractivity (Wildman–Crippen MR) is 80.7 cm³/mol. The van der Waals surface area contributed by atoms with Crippen molar-refractivity contribution in [1.29, 1.82) is 0 Å². The van der Waals surface area contributed by atoms with Crippen molar-refractivity contribution in [2.75, 3.05) is 24.7 Å². The van der Waals surface area contributed by atoms with Crippen molar-refractivity contribution in [1.82, 2.24) is 19.6 Å². The number of carbonyl (C=O) groups is 2. The van der Waals surface area contributed by atoms with Crippen LogP contribution in [0.2, 0.25) is 0 Å². The number of carbonyl (C=O) groups excluding carboxylic acids is 2. The van der Waals surface area contributed by atoms with Crippen LogP contribution in [0.3, 0.4) is 0 Å². The van der Waals surface area contributed by atoms with Crippen molar-refractivity contribution in [3.8, 4) is 0 Å². The molecule has 0 aromatic carbocycles. The van der Waals surface area contributed by atoms with Gasteiger partial charge in [0.25, 0.3) is 0 Å². The summed E-state index contributed by atoms with van der Waals surface area (Å²) in [6.45, 7) is 3.01. The van der Waals surface area contributed by atoms with Crippen LogP contribution in [0.4, 0.5) is 0 Å². The second-order valence-electron chi connectivity index (χ2n) is 5.57. The van der Waals surface area contributed by atoms with E-state index in [-0.39, 0.29) is 23.9 Å². The Morgan fingerprint density at radius 1 is 1.38 bits per heavy atom. The predicted octanol–water partition coefficient (Wildman–Crippen LogP) is 0.968. The zero-order chi connectivity index (χ0) is 14.8. The SMILES string of the molecule is CC(=O)N1CSC[C@H]1C(=O)N1CCC[C@H](n2cccn2)C1. The molecule has 0 aliphatic carbocycles. The summed E-state index contributed by atoms with van der Waals surface area (Å²) in [6.07, 6.45) is 5.75. The zero-order valence-corrected chi connectivity index (χ0v) is 13.0. The lowest BCUT2D eigenvalue weighted by atomic mass is 10.0. The minimum absolute atomic E-state index is 0.0148. The Balaban J connectivity index is 1.68. The van der Waals surface area contributed by atoms with Gasteiger partial charge in [-0.1, -0.05) is 0 Å². The molecule has 1 aromatic rings. The van der Waals surface area contributed by atoms with Crippen LogP contribution in [-0.4, -0.2) is 62.2 Å². The quantitative estimate of drug-likeness (QED) is 0.817. The van der Waals surface area contributed by atoms with Crippen LogP contribution in [0.25, 0.3) is 0 Å². The van der Waals surface area contributed by atoms with Gasteiger partial charge in [-0.25, -0.2) is 0 Å².